The van der Waals surface area contributed by atoms with Crippen LogP contribution in [0.4, 0.5) is 17.6 Å². The number of nitrogens with zero attached hydrogens (tertiary/aromatic N) is 3. The molecule has 0 bridgehead atoms. The van der Waals surface area contributed by atoms with Crippen molar-refractivity contribution in [3.63, 3.8) is 0 Å². The molecule has 0 aliphatic heterocycles. The van der Waals surface area contributed by atoms with E-state index in [0.717, 1.165) is 24.3 Å². The van der Waals surface area contributed by atoms with Crippen LogP contribution in [0.1, 0.15) is 29.5 Å². The molecule has 0 saturated carbocycles. The van der Waals surface area contributed by atoms with Crippen molar-refractivity contribution in [3.8, 4) is 5.69 Å². The number of hydrogen-bond acceptors (Lipinski definition) is 4. The van der Waals surface area contributed by atoms with E-state index in [-0.39, 0.29) is 18.7 Å². The van der Waals surface area contributed by atoms with E-state index in [2.05, 4.69) is 15.6 Å². The molecule has 0 radical (unpaired) electrons. The second kappa shape index (κ2) is 6.95. The first-order valence-corrected chi connectivity index (χ1v) is 6.94. The van der Waals surface area contributed by atoms with Crippen molar-refractivity contribution < 1.29 is 27.5 Å². The van der Waals surface area contributed by atoms with Gasteiger partial charge in [0.05, 0.1) is 5.69 Å². The maximum absolute atomic E-state index is 13.4. The van der Waals surface area contributed by atoms with Crippen molar-refractivity contribution in [2.75, 3.05) is 6.61 Å². The Morgan fingerprint density at radius 3 is 2.50 bits per heavy atom. The highest BCUT2D eigenvalue weighted by molar-refractivity contribution is 5.93. The van der Waals surface area contributed by atoms with Gasteiger partial charge in [0, 0.05) is 12.6 Å². The normalized spacial score (nSPS) is 12.9. The van der Waals surface area contributed by atoms with Gasteiger partial charge >= 0.3 is 6.18 Å². The van der Waals surface area contributed by atoms with Gasteiger partial charge < -0.3 is 10.4 Å². The molecule has 1 aromatic heterocycles. The highest BCUT2D eigenvalue weighted by atomic mass is 19.4. The van der Waals surface area contributed by atoms with Crippen molar-refractivity contribution in [1.29, 1.82) is 0 Å². The average molecular weight is 346 g/mol. The van der Waals surface area contributed by atoms with Gasteiger partial charge in [0.2, 0.25) is 0 Å². The molecule has 1 aromatic carbocycles. The number of benzene rings is 1. The van der Waals surface area contributed by atoms with Crippen molar-refractivity contribution in [1.82, 2.24) is 20.3 Å². The lowest BCUT2D eigenvalue weighted by atomic mass is 10.2. The minimum atomic E-state index is -4.90. The van der Waals surface area contributed by atoms with Crippen LogP contribution in [0.25, 0.3) is 5.69 Å². The van der Waals surface area contributed by atoms with E-state index < -0.39 is 35.3 Å². The number of halogens is 4. The van der Waals surface area contributed by atoms with E-state index >= 15 is 0 Å². The van der Waals surface area contributed by atoms with Crippen LogP contribution in [-0.2, 0) is 6.18 Å². The summed E-state index contributed by atoms with van der Waals surface area (Å²) in [6, 6.07) is 3.59. The van der Waals surface area contributed by atoms with Gasteiger partial charge in [-0.05, 0) is 37.6 Å². The number of carbonyl (C=O) groups is 1. The average Bonchev–Trinajstić information content (AvgIpc) is 2.93. The van der Waals surface area contributed by atoms with E-state index in [0.29, 0.717) is 4.68 Å². The summed E-state index contributed by atoms with van der Waals surface area (Å²) in [6.45, 7) is 1.31. The van der Waals surface area contributed by atoms with Gasteiger partial charge in [-0.15, -0.1) is 5.10 Å². The Bertz CT molecular complexity index is 713. The number of aliphatic hydroxyl groups excluding tert-OH is 1. The first kappa shape index (κ1) is 17.9. The van der Waals surface area contributed by atoms with Crippen LogP contribution in [0.15, 0.2) is 24.3 Å². The van der Waals surface area contributed by atoms with Crippen LogP contribution in [-0.4, -0.2) is 38.7 Å². The molecule has 2 N–H and O–H groups in total. The Balaban J connectivity index is 2.43. The molecule has 2 aromatic rings. The molecule has 1 atom stereocenters. The number of nitrogens with one attached hydrogen (secondary N) is 1. The lowest BCUT2D eigenvalue weighted by Crippen LogP contribution is -2.34. The van der Waals surface area contributed by atoms with Gasteiger partial charge in [0.1, 0.15) is 5.82 Å². The smallest absolute Gasteiger partial charge is 0.396 e. The van der Waals surface area contributed by atoms with Gasteiger partial charge in [-0.1, -0.05) is 5.21 Å². The maximum atomic E-state index is 13.4. The third-order valence-corrected chi connectivity index (χ3v) is 3.16. The minimum absolute atomic E-state index is 0.0846. The van der Waals surface area contributed by atoms with Gasteiger partial charge in [0.15, 0.2) is 11.4 Å². The second-order valence-electron chi connectivity index (χ2n) is 5.06. The van der Waals surface area contributed by atoms with E-state index in [1.54, 1.807) is 0 Å². The summed E-state index contributed by atoms with van der Waals surface area (Å²) >= 11 is 0. The Morgan fingerprint density at radius 2 is 1.96 bits per heavy atom. The molecule has 6 nitrogen and oxygen atoms in total. The van der Waals surface area contributed by atoms with Crippen LogP contribution in [0, 0.1) is 5.82 Å². The number of aliphatic hydroxyl groups is 1. The predicted molar refractivity (Wildman–Crippen MR) is 75.0 cm³/mol. The summed E-state index contributed by atoms with van der Waals surface area (Å²) in [4.78, 5) is 12.0. The van der Waals surface area contributed by atoms with Crippen LogP contribution >= 0.6 is 0 Å². The van der Waals surface area contributed by atoms with Crippen molar-refractivity contribution >= 4 is 5.91 Å². The lowest BCUT2D eigenvalue weighted by Gasteiger charge is -2.14. The molecule has 1 heterocycles. The Morgan fingerprint density at radius 1 is 1.33 bits per heavy atom. The molecule has 0 saturated heterocycles. The third-order valence-electron chi connectivity index (χ3n) is 3.16. The molecular weight excluding hydrogens is 332 g/mol. The zero-order valence-corrected chi connectivity index (χ0v) is 12.5. The number of hydrogen-bond donors (Lipinski definition) is 2. The van der Waals surface area contributed by atoms with Gasteiger partial charge in [-0.2, -0.15) is 13.2 Å². The van der Waals surface area contributed by atoms with Crippen LogP contribution in [0.5, 0.6) is 0 Å². The molecule has 0 fully saturated rings. The first-order chi connectivity index (χ1) is 11.2. The topological polar surface area (TPSA) is 80.0 Å². The van der Waals surface area contributed by atoms with E-state index in [9.17, 15) is 22.4 Å². The fourth-order valence-corrected chi connectivity index (χ4v) is 2.01. The van der Waals surface area contributed by atoms with Crippen molar-refractivity contribution in [2.45, 2.75) is 25.6 Å². The summed E-state index contributed by atoms with van der Waals surface area (Å²) in [5.74, 6) is -1.68. The monoisotopic (exact) mass is 346 g/mol. The predicted octanol–water partition coefficient (Wildman–Crippen LogP) is 1.93. The minimum Gasteiger partial charge on any atom is -0.396 e. The summed E-state index contributed by atoms with van der Waals surface area (Å²) in [5, 5.41) is 17.8. The summed E-state index contributed by atoms with van der Waals surface area (Å²) in [6.07, 6.45) is -4.72. The van der Waals surface area contributed by atoms with E-state index in [1.807, 2.05) is 0 Å². The Hall–Kier alpha value is -2.49. The molecule has 0 spiro atoms. The van der Waals surface area contributed by atoms with Crippen LogP contribution in [0.2, 0.25) is 0 Å². The summed E-state index contributed by atoms with van der Waals surface area (Å²) < 4.78 is 53.4. The standard InChI is InChI=1S/C14H14F4N4O2/c1-8(6-7-23)19-13(24)11-12(14(16,17)18)22(21-20-11)10-4-2-9(15)3-5-10/h2-5,8,23H,6-7H2,1H3,(H,19,24). The summed E-state index contributed by atoms with van der Waals surface area (Å²) in [7, 11) is 0. The number of aromatic nitrogens is 3. The molecule has 10 heteroatoms. The summed E-state index contributed by atoms with van der Waals surface area (Å²) in [5.41, 5.74) is -2.34. The number of carbonyl (C=O) groups excluding carboxylic acids is 1. The number of alkyl halides is 3. The van der Waals surface area contributed by atoms with E-state index in [4.69, 9.17) is 5.11 Å². The van der Waals surface area contributed by atoms with Crippen molar-refractivity contribution in [3.05, 3.63) is 41.5 Å². The molecule has 0 aliphatic carbocycles. The molecule has 1 unspecified atom stereocenters. The third kappa shape index (κ3) is 3.88. The zero-order valence-electron chi connectivity index (χ0n) is 12.5. The largest absolute Gasteiger partial charge is 0.435 e. The fourth-order valence-electron chi connectivity index (χ4n) is 2.01. The Kier molecular flexibility index (Phi) is 5.17. The van der Waals surface area contributed by atoms with E-state index in [1.165, 1.54) is 6.92 Å². The SMILES string of the molecule is CC(CCO)NC(=O)c1nnn(-c2ccc(F)cc2)c1C(F)(F)F. The number of amides is 1. The molecule has 130 valence electrons. The van der Waals surface area contributed by atoms with Crippen LogP contribution < -0.4 is 5.32 Å². The second-order valence-corrected chi connectivity index (χ2v) is 5.06. The quantitative estimate of drug-likeness (QED) is 0.811. The number of rotatable bonds is 5. The Labute approximate surface area is 134 Å². The fraction of sp³-hybridized carbons (Fsp3) is 0.357. The molecule has 24 heavy (non-hydrogen) atoms. The van der Waals surface area contributed by atoms with Gasteiger partial charge in [0.25, 0.3) is 5.91 Å². The van der Waals surface area contributed by atoms with Gasteiger partial charge in [-0.25, -0.2) is 9.07 Å². The molecule has 2 rings (SSSR count). The molecular formula is C14H14F4N4O2. The van der Waals surface area contributed by atoms with Crippen LogP contribution in [0.3, 0.4) is 0 Å². The van der Waals surface area contributed by atoms with Gasteiger partial charge in [-0.3, -0.25) is 4.79 Å². The van der Waals surface area contributed by atoms with Crippen molar-refractivity contribution in [2.24, 2.45) is 0 Å². The lowest BCUT2D eigenvalue weighted by molar-refractivity contribution is -0.143. The zero-order chi connectivity index (χ0) is 17.9. The molecule has 1 amide bonds. The molecule has 0 aliphatic rings. The first-order valence-electron chi connectivity index (χ1n) is 6.94. The highest BCUT2D eigenvalue weighted by Gasteiger charge is 2.42. The maximum Gasteiger partial charge on any atom is 0.435 e. The highest BCUT2D eigenvalue weighted by Crippen LogP contribution is 2.32.